The number of nitrogens with zero attached hydrogens (tertiary/aromatic N) is 3. The van der Waals surface area contributed by atoms with Gasteiger partial charge in [-0.05, 0) is 48.2 Å². The highest BCUT2D eigenvalue weighted by Crippen LogP contribution is 2.23. The minimum absolute atomic E-state index is 0.191. The maximum atomic E-state index is 13.0. The highest BCUT2D eigenvalue weighted by molar-refractivity contribution is 6.30. The summed E-state index contributed by atoms with van der Waals surface area (Å²) < 4.78 is 1.50. The Kier molecular flexibility index (Phi) is 5.81. The third-order valence-electron chi connectivity index (χ3n) is 5.10. The molecule has 0 aliphatic carbocycles. The highest BCUT2D eigenvalue weighted by atomic mass is 35.5. The molecule has 3 heterocycles. The lowest BCUT2D eigenvalue weighted by molar-refractivity contribution is -0.124. The van der Waals surface area contributed by atoms with E-state index in [1.807, 2.05) is 37.3 Å². The Morgan fingerprint density at radius 3 is 2.87 bits per heavy atom. The van der Waals surface area contributed by atoms with Crippen molar-refractivity contribution >= 4 is 23.2 Å². The second kappa shape index (κ2) is 8.67. The molecular weight excluding hydrogens is 402 g/mol. The van der Waals surface area contributed by atoms with Gasteiger partial charge in [0.05, 0.1) is 6.20 Å². The Morgan fingerprint density at radius 1 is 1.23 bits per heavy atom. The van der Waals surface area contributed by atoms with E-state index in [1.165, 1.54) is 4.57 Å². The molecule has 4 rings (SSSR count). The molecule has 1 aliphatic heterocycles. The van der Waals surface area contributed by atoms with Gasteiger partial charge in [-0.25, -0.2) is 4.98 Å². The van der Waals surface area contributed by atoms with Crippen molar-refractivity contribution in [3.05, 3.63) is 86.8 Å². The number of aryl methyl sites for hydroxylation is 2. The molecule has 1 aromatic carbocycles. The number of anilines is 1. The van der Waals surface area contributed by atoms with Crippen LogP contribution in [0.1, 0.15) is 35.0 Å². The Balaban J connectivity index is 1.49. The summed E-state index contributed by atoms with van der Waals surface area (Å²) in [6.45, 7) is 2.78. The van der Waals surface area contributed by atoms with Crippen LogP contribution in [0.4, 0.5) is 5.69 Å². The first-order chi connectivity index (χ1) is 14.5. The molecule has 30 heavy (non-hydrogen) atoms. The maximum Gasteiger partial charge on any atom is 0.277 e. The monoisotopic (exact) mass is 423 g/mol. The second-order valence-electron chi connectivity index (χ2n) is 7.39. The predicted octanol–water partition coefficient (Wildman–Crippen LogP) is 3.02. The van der Waals surface area contributed by atoms with Gasteiger partial charge in [-0.3, -0.25) is 19.1 Å². The van der Waals surface area contributed by atoms with Crippen LogP contribution in [0.3, 0.4) is 0 Å². The van der Waals surface area contributed by atoms with Crippen LogP contribution in [0.2, 0.25) is 5.02 Å². The number of hydrogen-bond acceptors (Lipinski definition) is 5. The van der Waals surface area contributed by atoms with Gasteiger partial charge in [0.1, 0.15) is 17.6 Å². The first kappa shape index (κ1) is 20.1. The van der Waals surface area contributed by atoms with Crippen molar-refractivity contribution in [3.63, 3.8) is 0 Å². The number of halogens is 1. The number of carbonyl (C=O) groups is 1. The minimum Gasteiger partial charge on any atom is -0.375 e. The van der Waals surface area contributed by atoms with Crippen LogP contribution >= 0.6 is 11.6 Å². The number of carbonyl (C=O) groups excluding carboxylic acids is 1. The van der Waals surface area contributed by atoms with Crippen LogP contribution < -0.4 is 16.2 Å². The summed E-state index contributed by atoms with van der Waals surface area (Å²) in [6, 6.07) is 8.89. The molecule has 2 aromatic heterocycles. The fraction of sp³-hybridized carbons (Fsp3) is 0.273. The van der Waals surface area contributed by atoms with Crippen molar-refractivity contribution in [2.45, 2.75) is 38.9 Å². The summed E-state index contributed by atoms with van der Waals surface area (Å²) in [5.41, 5.74) is 3.05. The first-order valence-electron chi connectivity index (χ1n) is 9.78. The largest absolute Gasteiger partial charge is 0.375 e. The molecule has 3 aromatic rings. The summed E-state index contributed by atoms with van der Waals surface area (Å²) in [4.78, 5) is 34.2. The van der Waals surface area contributed by atoms with Crippen LogP contribution in [0, 0.1) is 6.92 Å². The van der Waals surface area contributed by atoms with Gasteiger partial charge < -0.3 is 10.6 Å². The molecule has 1 amide bonds. The fourth-order valence-corrected chi connectivity index (χ4v) is 4.01. The molecule has 1 atom stereocenters. The van der Waals surface area contributed by atoms with Crippen LogP contribution in [-0.2, 0) is 24.3 Å². The normalized spacial score (nSPS) is 14.9. The third kappa shape index (κ3) is 4.36. The van der Waals surface area contributed by atoms with Gasteiger partial charge in [-0.1, -0.05) is 23.7 Å². The molecule has 2 N–H and O–H groups in total. The van der Waals surface area contributed by atoms with E-state index in [9.17, 15) is 9.59 Å². The molecule has 7 nitrogen and oxygen atoms in total. The Morgan fingerprint density at radius 2 is 2.10 bits per heavy atom. The Labute approximate surface area is 179 Å². The summed E-state index contributed by atoms with van der Waals surface area (Å²) in [6.07, 6.45) is 6.08. The summed E-state index contributed by atoms with van der Waals surface area (Å²) in [7, 11) is 0. The third-order valence-corrected chi connectivity index (χ3v) is 5.32. The number of pyridine rings is 1. The van der Waals surface area contributed by atoms with Gasteiger partial charge in [0.15, 0.2) is 0 Å². The van der Waals surface area contributed by atoms with Crippen LogP contribution in [0.25, 0.3) is 0 Å². The standard InChI is InChI=1S/C22H22ClN5O2/c1-14-7-16(9-17(23)8-14)12-25-18-13-26-20-5-4-19(28(20)22(18)30)21(29)27-11-15-3-2-6-24-10-15/h2-3,6-10,13,19,25H,4-5,11-12H2,1H3,(H,27,29)/t19-/m0/s1. The Bertz CT molecular complexity index is 1110. The molecule has 0 radical (unpaired) electrons. The molecule has 0 saturated heterocycles. The minimum atomic E-state index is -0.563. The van der Waals surface area contributed by atoms with Gasteiger partial charge in [-0.2, -0.15) is 0 Å². The van der Waals surface area contributed by atoms with Crippen molar-refractivity contribution in [1.82, 2.24) is 19.9 Å². The number of hydrogen-bond donors (Lipinski definition) is 2. The van der Waals surface area contributed by atoms with E-state index in [1.54, 1.807) is 18.6 Å². The molecule has 0 bridgehead atoms. The van der Waals surface area contributed by atoms with Crippen LogP contribution in [-0.4, -0.2) is 20.4 Å². The van der Waals surface area contributed by atoms with Gasteiger partial charge in [0.25, 0.3) is 5.56 Å². The predicted molar refractivity (Wildman–Crippen MR) is 115 cm³/mol. The zero-order chi connectivity index (χ0) is 21.1. The maximum absolute atomic E-state index is 13.0. The molecule has 0 unspecified atom stereocenters. The fourth-order valence-electron chi connectivity index (χ4n) is 3.70. The van der Waals surface area contributed by atoms with Crippen LogP contribution in [0.5, 0.6) is 0 Å². The number of rotatable bonds is 6. The molecule has 0 saturated carbocycles. The molecule has 0 spiro atoms. The van der Waals surface area contributed by atoms with Crippen molar-refractivity contribution in [1.29, 1.82) is 0 Å². The van der Waals surface area contributed by atoms with Gasteiger partial charge in [0, 0.05) is 36.9 Å². The van der Waals surface area contributed by atoms with Crippen molar-refractivity contribution < 1.29 is 4.79 Å². The van der Waals surface area contributed by atoms with Gasteiger partial charge in [-0.15, -0.1) is 0 Å². The van der Waals surface area contributed by atoms with E-state index in [4.69, 9.17) is 11.6 Å². The topological polar surface area (TPSA) is 88.9 Å². The zero-order valence-corrected chi connectivity index (χ0v) is 17.3. The number of aromatic nitrogens is 3. The molecule has 1 aliphatic rings. The number of amides is 1. The Hall–Kier alpha value is -3.19. The average Bonchev–Trinajstić information content (AvgIpc) is 3.17. The van der Waals surface area contributed by atoms with Crippen molar-refractivity contribution in [2.24, 2.45) is 0 Å². The number of nitrogens with one attached hydrogen (secondary N) is 2. The van der Waals surface area contributed by atoms with Gasteiger partial charge >= 0.3 is 0 Å². The highest BCUT2D eigenvalue weighted by Gasteiger charge is 2.30. The van der Waals surface area contributed by atoms with E-state index < -0.39 is 6.04 Å². The number of benzene rings is 1. The first-order valence-corrected chi connectivity index (χ1v) is 10.2. The van der Waals surface area contributed by atoms with Crippen molar-refractivity contribution in [2.75, 3.05) is 5.32 Å². The van der Waals surface area contributed by atoms with E-state index in [0.717, 1.165) is 16.7 Å². The number of fused-ring (bicyclic) bond motifs is 1. The van der Waals surface area contributed by atoms with Crippen LogP contribution in [0.15, 0.2) is 53.7 Å². The van der Waals surface area contributed by atoms with Crippen molar-refractivity contribution in [3.8, 4) is 0 Å². The summed E-state index contributed by atoms with van der Waals surface area (Å²) >= 11 is 6.11. The van der Waals surface area contributed by atoms with E-state index in [2.05, 4.69) is 20.6 Å². The lowest BCUT2D eigenvalue weighted by Crippen LogP contribution is -2.36. The van der Waals surface area contributed by atoms with E-state index >= 15 is 0 Å². The van der Waals surface area contributed by atoms with Gasteiger partial charge in [0.2, 0.25) is 5.91 Å². The molecular formula is C22H22ClN5O2. The van der Waals surface area contributed by atoms with E-state index in [0.29, 0.717) is 42.5 Å². The summed E-state index contributed by atoms with van der Waals surface area (Å²) in [5.74, 6) is 0.440. The lowest BCUT2D eigenvalue weighted by Gasteiger charge is -2.16. The second-order valence-corrected chi connectivity index (χ2v) is 7.82. The lowest BCUT2D eigenvalue weighted by atomic mass is 10.1. The quantitative estimate of drug-likeness (QED) is 0.636. The molecule has 8 heteroatoms. The zero-order valence-electron chi connectivity index (χ0n) is 16.6. The van der Waals surface area contributed by atoms with E-state index in [-0.39, 0.29) is 11.5 Å². The SMILES string of the molecule is Cc1cc(Cl)cc(CNc2cnc3n(c2=O)[C@H](C(=O)NCc2cccnc2)CC3)c1. The molecule has 154 valence electrons. The summed E-state index contributed by atoms with van der Waals surface area (Å²) in [5, 5.41) is 6.69. The smallest absolute Gasteiger partial charge is 0.277 e. The average molecular weight is 424 g/mol. The molecule has 0 fully saturated rings.